The van der Waals surface area contributed by atoms with E-state index >= 15 is 0 Å². The minimum absolute atomic E-state index is 0.0609. The predicted molar refractivity (Wildman–Crippen MR) is 126 cm³/mol. The summed E-state index contributed by atoms with van der Waals surface area (Å²) in [5, 5.41) is 5.30. The number of aryl methyl sites for hydroxylation is 1. The number of aromatic nitrogens is 4. The molecule has 6 nitrogen and oxygen atoms in total. The highest BCUT2D eigenvalue weighted by atomic mass is 32.2. The molecule has 3 aromatic carbocycles. The van der Waals surface area contributed by atoms with E-state index in [2.05, 4.69) is 10.1 Å². The minimum Gasteiger partial charge on any atom is -0.338 e. The van der Waals surface area contributed by atoms with E-state index < -0.39 is 0 Å². The Morgan fingerprint density at radius 2 is 1.66 bits per heavy atom. The van der Waals surface area contributed by atoms with Crippen molar-refractivity contribution >= 4 is 22.7 Å². The molecule has 0 spiro atoms. The van der Waals surface area contributed by atoms with Crippen LogP contribution in [-0.4, -0.2) is 19.7 Å². The van der Waals surface area contributed by atoms with Crippen LogP contribution in [-0.2, 0) is 12.3 Å². The van der Waals surface area contributed by atoms with E-state index in [1.165, 1.54) is 17.3 Å². The van der Waals surface area contributed by atoms with Gasteiger partial charge < -0.3 is 4.52 Å². The van der Waals surface area contributed by atoms with Crippen LogP contribution in [0.5, 0.6) is 0 Å². The molecule has 0 radical (unpaired) electrons. The number of fused-ring (bicyclic) bond motifs is 1. The molecule has 0 atom stereocenters. The molecule has 2 heterocycles. The van der Waals surface area contributed by atoms with Crippen LogP contribution in [0.4, 0.5) is 0 Å². The summed E-state index contributed by atoms with van der Waals surface area (Å²) in [6.07, 6.45) is 0. The molecule has 7 heteroatoms. The molecule has 0 amide bonds. The Hall–Kier alpha value is -3.71. The molecule has 0 unspecified atom stereocenters. The summed E-state index contributed by atoms with van der Waals surface area (Å²) >= 11 is 1.42. The van der Waals surface area contributed by atoms with Crippen LogP contribution in [0, 0.1) is 6.92 Å². The fourth-order valence-electron chi connectivity index (χ4n) is 3.42. The normalized spacial score (nSPS) is 11.2. The Kier molecular flexibility index (Phi) is 5.56. The first-order chi connectivity index (χ1) is 15.7. The van der Waals surface area contributed by atoms with Crippen LogP contribution in [0.25, 0.3) is 22.3 Å². The molecule has 0 N–H and O–H groups in total. The average molecular weight is 441 g/mol. The fourth-order valence-corrected chi connectivity index (χ4v) is 4.25. The molecule has 158 valence electrons. The summed E-state index contributed by atoms with van der Waals surface area (Å²) < 4.78 is 7.15. The van der Waals surface area contributed by atoms with E-state index in [1.807, 2.05) is 85.8 Å². The number of thioether (sulfide) groups is 1. The third-order valence-electron chi connectivity index (χ3n) is 5.11. The van der Waals surface area contributed by atoms with Crippen LogP contribution in [0.3, 0.4) is 0 Å². The summed E-state index contributed by atoms with van der Waals surface area (Å²) in [6, 6.07) is 25.3. The molecule has 0 aliphatic rings. The lowest BCUT2D eigenvalue weighted by molar-refractivity contribution is 0.391. The van der Waals surface area contributed by atoms with Crippen LogP contribution in [0.15, 0.2) is 93.3 Å². The molecule has 0 aliphatic carbocycles. The molecule has 32 heavy (non-hydrogen) atoms. The van der Waals surface area contributed by atoms with Crippen molar-refractivity contribution in [2.45, 2.75) is 24.4 Å². The van der Waals surface area contributed by atoms with E-state index in [4.69, 9.17) is 9.51 Å². The van der Waals surface area contributed by atoms with Crippen molar-refractivity contribution in [2.24, 2.45) is 0 Å². The highest BCUT2D eigenvalue weighted by Gasteiger charge is 2.15. The maximum Gasteiger partial charge on any atom is 0.262 e. The number of benzene rings is 3. The Labute approximate surface area is 188 Å². The zero-order valence-corrected chi connectivity index (χ0v) is 18.2. The lowest BCUT2D eigenvalue weighted by Gasteiger charge is -2.13. The Balaban J connectivity index is 1.46. The van der Waals surface area contributed by atoms with Crippen molar-refractivity contribution in [3.05, 3.63) is 106 Å². The predicted octanol–water partition coefficient (Wildman–Crippen LogP) is 5.10. The SMILES string of the molecule is Cc1ccc(Cn2c(SCc3nc(-c4ccccc4)no3)nc3ccccc3c2=O)cc1. The number of hydrogen-bond acceptors (Lipinski definition) is 6. The minimum atomic E-state index is -0.0609. The molecule has 0 fully saturated rings. The molecular weight excluding hydrogens is 420 g/mol. The second-order valence-electron chi connectivity index (χ2n) is 7.45. The van der Waals surface area contributed by atoms with Gasteiger partial charge in [-0.2, -0.15) is 4.98 Å². The van der Waals surface area contributed by atoms with Gasteiger partial charge >= 0.3 is 0 Å². The zero-order chi connectivity index (χ0) is 21.9. The van der Waals surface area contributed by atoms with Crippen LogP contribution >= 0.6 is 11.8 Å². The third-order valence-corrected chi connectivity index (χ3v) is 6.07. The van der Waals surface area contributed by atoms with Gasteiger partial charge in [0, 0.05) is 5.56 Å². The van der Waals surface area contributed by atoms with Gasteiger partial charge in [0.2, 0.25) is 11.7 Å². The second kappa shape index (κ2) is 8.80. The van der Waals surface area contributed by atoms with E-state index in [-0.39, 0.29) is 5.56 Å². The van der Waals surface area contributed by atoms with Gasteiger partial charge in [-0.1, -0.05) is 89.2 Å². The van der Waals surface area contributed by atoms with Crippen molar-refractivity contribution in [2.75, 3.05) is 0 Å². The summed E-state index contributed by atoms with van der Waals surface area (Å²) in [5.41, 5.74) is 3.73. The fraction of sp³-hybridized carbons (Fsp3) is 0.120. The number of para-hydroxylation sites is 1. The van der Waals surface area contributed by atoms with Gasteiger partial charge in [0.1, 0.15) is 0 Å². The summed E-state index contributed by atoms with van der Waals surface area (Å²) in [6.45, 7) is 2.49. The monoisotopic (exact) mass is 440 g/mol. The standard InChI is InChI=1S/C25H20N4O2S/c1-17-11-13-18(14-12-17)15-29-24(30)20-9-5-6-10-21(20)26-25(29)32-16-22-27-23(28-31-22)19-7-3-2-4-8-19/h2-14H,15-16H2,1H3. The third kappa shape index (κ3) is 4.20. The van der Waals surface area contributed by atoms with Gasteiger partial charge in [-0.15, -0.1) is 0 Å². The number of hydrogen-bond donors (Lipinski definition) is 0. The first-order valence-electron chi connectivity index (χ1n) is 10.2. The summed E-state index contributed by atoms with van der Waals surface area (Å²) in [4.78, 5) is 22.5. The van der Waals surface area contributed by atoms with Crippen LogP contribution in [0.1, 0.15) is 17.0 Å². The van der Waals surface area contributed by atoms with Gasteiger partial charge in [0.15, 0.2) is 5.16 Å². The Morgan fingerprint density at radius 1 is 0.906 bits per heavy atom. The lowest BCUT2D eigenvalue weighted by atomic mass is 10.1. The van der Waals surface area contributed by atoms with Gasteiger partial charge in [0.25, 0.3) is 5.56 Å². The summed E-state index contributed by atoms with van der Waals surface area (Å²) in [5.74, 6) is 1.45. The highest BCUT2D eigenvalue weighted by molar-refractivity contribution is 7.98. The first-order valence-corrected chi connectivity index (χ1v) is 11.2. The van der Waals surface area contributed by atoms with E-state index in [1.54, 1.807) is 4.57 Å². The van der Waals surface area contributed by atoms with Crippen molar-refractivity contribution in [1.82, 2.24) is 19.7 Å². The largest absolute Gasteiger partial charge is 0.338 e. The second-order valence-corrected chi connectivity index (χ2v) is 8.40. The van der Waals surface area contributed by atoms with Gasteiger partial charge in [-0.25, -0.2) is 4.98 Å². The van der Waals surface area contributed by atoms with Gasteiger partial charge in [-0.3, -0.25) is 9.36 Å². The Bertz CT molecular complexity index is 1430. The smallest absolute Gasteiger partial charge is 0.262 e. The lowest BCUT2D eigenvalue weighted by Crippen LogP contribution is -2.24. The molecule has 0 bridgehead atoms. The Morgan fingerprint density at radius 3 is 2.47 bits per heavy atom. The average Bonchev–Trinajstić information content (AvgIpc) is 3.31. The molecule has 0 aliphatic heterocycles. The van der Waals surface area contributed by atoms with Gasteiger partial charge in [-0.05, 0) is 24.6 Å². The molecule has 5 aromatic rings. The summed E-state index contributed by atoms with van der Waals surface area (Å²) in [7, 11) is 0. The van der Waals surface area contributed by atoms with Crippen molar-refractivity contribution in [3.63, 3.8) is 0 Å². The molecule has 2 aromatic heterocycles. The zero-order valence-electron chi connectivity index (χ0n) is 17.4. The van der Waals surface area contributed by atoms with Crippen molar-refractivity contribution in [1.29, 1.82) is 0 Å². The molecule has 0 saturated heterocycles. The van der Waals surface area contributed by atoms with E-state index in [9.17, 15) is 4.79 Å². The first kappa shape index (κ1) is 20.2. The molecular formula is C25H20N4O2S. The quantitative estimate of drug-likeness (QED) is 0.270. The maximum absolute atomic E-state index is 13.3. The van der Waals surface area contributed by atoms with Crippen molar-refractivity contribution in [3.8, 4) is 11.4 Å². The van der Waals surface area contributed by atoms with Gasteiger partial charge in [0.05, 0.1) is 23.2 Å². The topological polar surface area (TPSA) is 73.8 Å². The van der Waals surface area contributed by atoms with Crippen molar-refractivity contribution < 1.29 is 4.52 Å². The highest BCUT2D eigenvalue weighted by Crippen LogP contribution is 2.24. The number of rotatable bonds is 6. The molecule has 5 rings (SSSR count). The van der Waals surface area contributed by atoms with Crippen LogP contribution < -0.4 is 5.56 Å². The van der Waals surface area contributed by atoms with E-state index in [0.29, 0.717) is 40.1 Å². The molecule has 0 saturated carbocycles. The number of nitrogens with zero attached hydrogens (tertiary/aromatic N) is 4. The van der Waals surface area contributed by atoms with E-state index in [0.717, 1.165) is 11.1 Å². The maximum atomic E-state index is 13.3. The van der Waals surface area contributed by atoms with Crippen LogP contribution in [0.2, 0.25) is 0 Å².